The molecule has 100 valence electrons. The molecule has 2 heteroatoms. The van der Waals surface area contributed by atoms with Crippen LogP contribution in [0.5, 0.6) is 0 Å². The van der Waals surface area contributed by atoms with Gasteiger partial charge in [-0.3, -0.25) is 0 Å². The normalized spacial score (nSPS) is 37.6. The standard InChI is InChI=1S/C17H21NO/c1-13-6-9-17(19,10-13)16(12-18)8-7-14-4-2-3-5-15(14)11-16/h2-5,13,19H,6-11H2,1H3. The number of aliphatic hydroxyl groups is 1. The van der Waals surface area contributed by atoms with Crippen molar-refractivity contribution >= 4 is 0 Å². The third-order valence-corrected chi connectivity index (χ3v) is 5.27. The minimum absolute atomic E-state index is 0.535. The van der Waals surface area contributed by atoms with E-state index in [2.05, 4.69) is 31.2 Å². The molecular formula is C17H21NO. The summed E-state index contributed by atoms with van der Waals surface area (Å²) in [6.07, 6.45) is 5.03. The van der Waals surface area contributed by atoms with Gasteiger partial charge in [-0.1, -0.05) is 31.2 Å². The van der Waals surface area contributed by atoms with Gasteiger partial charge >= 0.3 is 0 Å². The van der Waals surface area contributed by atoms with E-state index in [9.17, 15) is 10.4 Å². The number of rotatable bonds is 1. The SMILES string of the molecule is CC1CCC(O)(C2(C#N)CCc3ccccc3C2)C1. The summed E-state index contributed by atoms with van der Waals surface area (Å²) in [5, 5.41) is 20.8. The van der Waals surface area contributed by atoms with E-state index in [-0.39, 0.29) is 0 Å². The maximum Gasteiger partial charge on any atom is 0.0903 e. The largest absolute Gasteiger partial charge is 0.388 e. The van der Waals surface area contributed by atoms with Gasteiger partial charge in [0.05, 0.1) is 17.1 Å². The predicted octanol–water partition coefficient (Wildman–Crippen LogP) is 3.24. The first-order valence-corrected chi connectivity index (χ1v) is 7.29. The molecule has 3 rings (SSSR count). The van der Waals surface area contributed by atoms with Crippen LogP contribution < -0.4 is 0 Å². The molecule has 1 N–H and O–H groups in total. The summed E-state index contributed by atoms with van der Waals surface area (Å²) in [6.45, 7) is 2.18. The molecule has 3 atom stereocenters. The van der Waals surface area contributed by atoms with E-state index in [0.29, 0.717) is 12.3 Å². The summed E-state index contributed by atoms with van der Waals surface area (Å²) in [5.41, 5.74) is 1.24. The lowest BCUT2D eigenvalue weighted by atomic mass is 9.62. The Labute approximate surface area is 115 Å². The molecule has 0 spiro atoms. The van der Waals surface area contributed by atoms with Gasteiger partial charge in [0.1, 0.15) is 0 Å². The van der Waals surface area contributed by atoms with Crippen molar-refractivity contribution in [2.24, 2.45) is 11.3 Å². The van der Waals surface area contributed by atoms with Gasteiger partial charge in [-0.2, -0.15) is 5.26 Å². The van der Waals surface area contributed by atoms with Crippen LogP contribution in [-0.4, -0.2) is 10.7 Å². The monoisotopic (exact) mass is 255 g/mol. The lowest BCUT2D eigenvalue weighted by molar-refractivity contribution is -0.0590. The molecule has 2 aliphatic rings. The second kappa shape index (κ2) is 4.35. The average Bonchev–Trinajstić information content (AvgIpc) is 2.79. The summed E-state index contributed by atoms with van der Waals surface area (Å²) in [6, 6.07) is 10.9. The third-order valence-electron chi connectivity index (χ3n) is 5.27. The third kappa shape index (κ3) is 1.88. The van der Waals surface area contributed by atoms with Gasteiger partial charge in [-0.15, -0.1) is 0 Å². The number of hydrogen-bond acceptors (Lipinski definition) is 2. The van der Waals surface area contributed by atoms with Crippen molar-refractivity contribution in [1.29, 1.82) is 5.26 Å². The average molecular weight is 255 g/mol. The molecule has 0 aromatic heterocycles. The Morgan fingerprint density at radius 1 is 1.26 bits per heavy atom. The van der Waals surface area contributed by atoms with Crippen LogP contribution >= 0.6 is 0 Å². The van der Waals surface area contributed by atoms with Gasteiger partial charge in [0.2, 0.25) is 0 Å². The van der Waals surface area contributed by atoms with Crippen LogP contribution in [0.4, 0.5) is 0 Å². The zero-order chi connectivity index (χ0) is 13.5. The minimum atomic E-state index is -0.783. The fourth-order valence-corrected chi connectivity index (χ4v) is 4.03. The zero-order valence-electron chi connectivity index (χ0n) is 11.5. The lowest BCUT2D eigenvalue weighted by Gasteiger charge is -2.43. The van der Waals surface area contributed by atoms with E-state index in [1.165, 1.54) is 11.1 Å². The van der Waals surface area contributed by atoms with Crippen molar-refractivity contribution in [1.82, 2.24) is 0 Å². The molecule has 0 aliphatic heterocycles. The Morgan fingerprint density at radius 2 is 2.00 bits per heavy atom. The number of nitrogens with zero attached hydrogens (tertiary/aromatic N) is 1. The van der Waals surface area contributed by atoms with E-state index in [4.69, 9.17) is 0 Å². The molecule has 0 amide bonds. The van der Waals surface area contributed by atoms with Crippen LogP contribution in [0.1, 0.15) is 43.7 Å². The molecule has 1 aromatic carbocycles. The molecule has 0 radical (unpaired) electrons. The number of nitriles is 1. The molecule has 0 bridgehead atoms. The Balaban J connectivity index is 1.97. The topological polar surface area (TPSA) is 44.0 Å². The minimum Gasteiger partial charge on any atom is -0.388 e. The van der Waals surface area contributed by atoms with Gasteiger partial charge in [0.25, 0.3) is 0 Å². The fourth-order valence-electron chi connectivity index (χ4n) is 4.03. The van der Waals surface area contributed by atoms with Crippen molar-refractivity contribution in [2.75, 3.05) is 0 Å². The quantitative estimate of drug-likeness (QED) is 0.837. The Morgan fingerprint density at radius 3 is 2.63 bits per heavy atom. The van der Waals surface area contributed by atoms with Crippen molar-refractivity contribution in [3.05, 3.63) is 35.4 Å². The van der Waals surface area contributed by atoms with Crippen LogP contribution in [0.25, 0.3) is 0 Å². The van der Waals surface area contributed by atoms with E-state index >= 15 is 0 Å². The number of benzene rings is 1. The van der Waals surface area contributed by atoms with Crippen LogP contribution in [0.15, 0.2) is 24.3 Å². The summed E-state index contributed by atoms with van der Waals surface area (Å²) in [7, 11) is 0. The molecule has 0 saturated heterocycles. The van der Waals surface area contributed by atoms with E-state index < -0.39 is 11.0 Å². The highest BCUT2D eigenvalue weighted by molar-refractivity contribution is 5.35. The van der Waals surface area contributed by atoms with Crippen LogP contribution in [0.3, 0.4) is 0 Å². The molecule has 2 nitrogen and oxygen atoms in total. The number of hydrogen-bond donors (Lipinski definition) is 1. The molecule has 19 heavy (non-hydrogen) atoms. The first-order chi connectivity index (χ1) is 9.09. The second-order valence-electron chi connectivity index (χ2n) is 6.52. The van der Waals surface area contributed by atoms with Crippen molar-refractivity contribution in [3.8, 4) is 6.07 Å². The Kier molecular flexibility index (Phi) is 2.91. The molecule has 3 unspecified atom stereocenters. The van der Waals surface area contributed by atoms with Crippen LogP contribution in [0, 0.1) is 22.7 Å². The molecule has 2 aliphatic carbocycles. The Hall–Kier alpha value is -1.33. The smallest absolute Gasteiger partial charge is 0.0903 e. The number of aryl methyl sites for hydroxylation is 1. The van der Waals surface area contributed by atoms with Gasteiger partial charge in [-0.05, 0) is 55.6 Å². The van der Waals surface area contributed by atoms with Gasteiger partial charge in [0, 0.05) is 0 Å². The molecule has 1 aromatic rings. The van der Waals surface area contributed by atoms with Crippen molar-refractivity contribution in [2.45, 2.75) is 51.0 Å². The van der Waals surface area contributed by atoms with Gasteiger partial charge in [-0.25, -0.2) is 0 Å². The lowest BCUT2D eigenvalue weighted by Crippen LogP contribution is -2.49. The van der Waals surface area contributed by atoms with Crippen molar-refractivity contribution < 1.29 is 5.11 Å². The highest BCUT2D eigenvalue weighted by Crippen LogP contribution is 2.51. The van der Waals surface area contributed by atoms with Gasteiger partial charge < -0.3 is 5.11 Å². The van der Waals surface area contributed by atoms with E-state index in [1.54, 1.807) is 0 Å². The molecule has 0 heterocycles. The number of fused-ring (bicyclic) bond motifs is 1. The zero-order valence-corrected chi connectivity index (χ0v) is 11.5. The molecular weight excluding hydrogens is 234 g/mol. The summed E-state index contributed by atoms with van der Waals surface area (Å²) < 4.78 is 0. The highest BCUT2D eigenvalue weighted by Gasteiger charge is 2.54. The van der Waals surface area contributed by atoms with E-state index in [0.717, 1.165) is 32.1 Å². The van der Waals surface area contributed by atoms with E-state index in [1.807, 2.05) is 6.07 Å². The first kappa shape index (κ1) is 12.7. The van der Waals surface area contributed by atoms with Crippen LogP contribution in [0.2, 0.25) is 0 Å². The summed E-state index contributed by atoms with van der Waals surface area (Å²) in [4.78, 5) is 0. The second-order valence-corrected chi connectivity index (χ2v) is 6.52. The molecule has 1 fully saturated rings. The Bertz CT molecular complexity index is 532. The maximum absolute atomic E-state index is 11.0. The van der Waals surface area contributed by atoms with Crippen LogP contribution in [-0.2, 0) is 12.8 Å². The highest BCUT2D eigenvalue weighted by atomic mass is 16.3. The van der Waals surface area contributed by atoms with Crippen molar-refractivity contribution in [3.63, 3.8) is 0 Å². The summed E-state index contributed by atoms with van der Waals surface area (Å²) >= 11 is 0. The predicted molar refractivity (Wildman–Crippen MR) is 74.5 cm³/mol. The first-order valence-electron chi connectivity index (χ1n) is 7.29. The summed E-state index contributed by atoms with van der Waals surface area (Å²) in [5.74, 6) is 0.535. The maximum atomic E-state index is 11.0. The van der Waals surface area contributed by atoms with Gasteiger partial charge in [0.15, 0.2) is 0 Å². The molecule has 1 saturated carbocycles. The fraction of sp³-hybridized carbons (Fsp3) is 0.588.